The van der Waals surface area contributed by atoms with Crippen molar-refractivity contribution >= 4 is 17.9 Å². The monoisotopic (exact) mass is 451 g/mol. The minimum Gasteiger partial charge on any atom is -0.449 e. The van der Waals surface area contributed by atoms with Crippen LogP contribution in [0.25, 0.3) is 11.1 Å². The van der Waals surface area contributed by atoms with Gasteiger partial charge in [0.15, 0.2) is 12.1 Å². The summed E-state index contributed by atoms with van der Waals surface area (Å²) in [7, 11) is 0. The number of nitrogens with one attached hydrogen (secondary N) is 2. The Kier molecular flexibility index (Phi) is 4.80. The third-order valence-corrected chi connectivity index (χ3v) is 6.74. The highest BCUT2D eigenvalue weighted by Gasteiger charge is 2.75. The SMILES string of the molecule is CC[C@@H]1NC(N)=[N+]2C[C@H](OC(=O)c3ccccc3-c3ccccc3)C(O)(O)[C@@]23NC(N)=N[C@@H]13. The van der Waals surface area contributed by atoms with Crippen LogP contribution in [-0.2, 0) is 4.74 Å². The molecule has 3 aliphatic rings. The fourth-order valence-corrected chi connectivity index (χ4v) is 5.15. The lowest BCUT2D eigenvalue weighted by Gasteiger charge is -2.43. The van der Waals surface area contributed by atoms with Crippen LogP contribution in [0.2, 0.25) is 0 Å². The van der Waals surface area contributed by atoms with Gasteiger partial charge in [-0.05, 0) is 23.6 Å². The lowest BCUT2D eigenvalue weighted by molar-refractivity contribution is -0.623. The third-order valence-electron chi connectivity index (χ3n) is 6.74. The van der Waals surface area contributed by atoms with Crippen molar-refractivity contribution in [2.24, 2.45) is 16.5 Å². The van der Waals surface area contributed by atoms with E-state index in [-0.39, 0.29) is 24.5 Å². The predicted octanol–water partition coefficient (Wildman–Crippen LogP) is -0.735. The van der Waals surface area contributed by atoms with Crippen LogP contribution in [0.5, 0.6) is 0 Å². The van der Waals surface area contributed by atoms with Crippen LogP contribution in [0, 0.1) is 0 Å². The van der Waals surface area contributed by atoms with Crippen molar-refractivity contribution in [3.8, 4) is 11.1 Å². The molecule has 2 aromatic carbocycles. The normalized spacial score (nSPS) is 29.4. The zero-order chi connectivity index (χ0) is 23.4. The molecule has 3 aliphatic heterocycles. The Morgan fingerprint density at radius 1 is 1.18 bits per heavy atom. The summed E-state index contributed by atoms with van der Waals surface area (Å²) in [6.45, 7) is 1.87. The largest absolute Gasteiger partial charge is 0.449 e. The number of carbonyl (C=O) groups is 1. The number of carbonyl (C=O) groups excluding carboxylic acids is 1. The van der Waals surface area contributed by atoms with Gasteiger partial charge in [-0.1, -0.05) is 55.5 Å². The lowest BCUT2D eigenvalue weighted by atomic mass is 9.85. The van der Waals surface area contributed by atoms with E-state index < -0.39 is 29.6 Å². The Morgan fingerprint density at radius 3 is 2.61 bits per heavy atom. The van der Waals surface area contributed by atoms with Crippen LogP contribution in [0.3, 0.4) is 0 Å². The second-order valence-corrected chi connectivity index (χ2v) is 8.54. The minimum atomic E-state index is -2.53. The van der Waals surface area contributed by atoms with Crippen LogP contribution in [0.15, 0.2) is 59.6 Å². The lowest BCUT2D eigenvalue weighted by Crippen LogP contribution is -2.78. The minimum absolute atomic E-state index is 0.0617. The molecule has 10 heteroatoms. The summed E-state index contributed by atoms with van der Waals surface area (Å²) in [5, 5.41) is 28.9. The molecule has 0 amide bonds. The van der Waals surface area contributed by atoms with Crippen LogP contribution in [-0.4, -0.2) is 68.9 Å². The molecule has 172 valence electrons. The van der Waals surface area contributed by atoms with Crippen molar-refractivity contribution in [2.45, 2.75) is 43.0 Å². The molecule has 3 heterocycles. The number of guanidine groups is 2. The zero-order valence-corrected chi connectivity index (χ0v) is 18.1. The van der Waals surface area contributed by atoms with E-state index >= 15 is 0 Å². The molecule has 8 N–H and O–H groups in total. The Bertz CT molecular complexity index is 1160. The Morgan fingerprint density at radius 2 is 1.88 bits per heavy atom. The topological polar surface area (TPSA) is 158 Å². The summed E-state index contributed by atoms with van der Waals surface area (Å²) in [6, 6.07) is 15.5. The summed E-state index contributed by atoms with van der Waals surface area (Å²) < 4.78 is 7.25. The predicted molar refractivity (Wildman–Crippen MR) is 121 cm³/mol. The van der Waals surface area contributed by atoms with E-state index in [0.29, 0.717) is 17.5 Å². The number of benzene rings is 2. The molecule has 0 aliphatic carbocycles. The zero-order valence-electron chi connectivity index (χ0n) is 18.1. The number of hydrogen-bond donors (Lipinski definition) is 6. The van der Waals surface area contributed by atoms with E-state index in [1.54, 1.807) is 12.1 Å². The molecule has 0 unspecified atom stereocenters. The van der Waals surface area contributed by atoms with E-state index in [1.807, 2.05) is 49.4 Å². The van der Waals surface area contributed by atoms with Crippen molar-refractivity contribution in [1.29, 1.82) is 0 Å². The first kappa shape index (κ1) is 21.2. The van der Waals surface area contributed by atoms with E-state index in [4.69, 9.17) is 16.2 Å². The van der Waals surface area contributed by atoms with Crippen LogP contribution < -0.4 is 22.1 Å². The molecule has 33 heavy (non-hydrogen) atoms. The Balaban J connectivity index is 1.50. The smallest absolute Gasteiger partial charge is 0.346 e. The number of esters is 1. The van der Waals surface area contributed by atoms with Crippen molar-refractivity contribution < 1.29 is 24.3 Å². The van der Waals surface area contributed by atoms with E-state index in [9.17, 15) is 15.0 Å². The molecule has 1 spiro atoms. The number of aliphatic imine (C=N–C) groups is 1. The number of rotatable bonds is 4. The molecule has 1 fully saturated rings. The number of hydrogen-bond acceptors (Lipinski definition) is 9. The molecule has 0 bridgehead atoms. The standard InChI is InChI=1S/C23H26N6O4/c1-2-16-18-22(28-20(24)27-18)23(31,32)17(12-29(22)21(25)26-16)33-19(30)15-11-7-6-10-14(15)13-8-4-3-5-9-13/h3-11,16-18,31-32H,2,12H2,1H3,(H5,24,25,26,27,28)/p+1/t16-,17-,18-,22-/m0/s1. The maximum Gasteiger partial charge on any atom is 0.346 e. The third kappa shape index (κ3) is 2.98. The van der Waals surface area contributed by atoms with Gasteiger partial charge in [-0.2, -0.15) is 0 Å². The van der Waals surface area contributed by atoms with Crippen LogP contribution in [0.1, 0.15) is 23.7 Å². The molecule has 0 saturated carbocycles. The molecule has 0 radical (unpaired) electrons. The Labute approximate surface area is 190 Å². The molecule has 4 atom stereocenters. The van der Waals surface area contributed by atoms with Gasteiger partial charge in [0.05, 0.1) is 5.56 Å². The summed E-state index contributed by atoms with van der Waals surface area (Å²) in [5.41, 5.74) is 12.5. The number of ether oxygens (including phenoxy) is 1. The van der Waals surface area contributed by atoms with Crippen LogP contribution >= 0.6 is 0 Å². The van der Waals surface area contributed by atoms with Gasteiger partial charge in [0.1, 0.15) is 18.6 Å². The van der Waals surface area contributed by atoms with Gasteiger partial charge in [0.2, 0.25) is 5.66 Å². The maximum atomic E-state index is 13.3. The van der Waals surface area contributed by atoms with Gasteiger partial charge in [-0.15, -0.1) is 0 Å². The molecular weight excluding hydrogens is 424 g/mol. The molecular formula is C23H27N6O4+. The van der Waals surface area contributed by atoms with Crippen molar-refractivity contribution in [1.82, 2.24) is 10.6 Å². The fraction of sp³-hybridized carbons (Fsp3) is 0.348. The summed E-state index contributed by atoms with van der Waals surface area (Å²) in [5.74, 6) is -2.91. The molecule has 0 aromatic heterocycles. The number of nitrogens with zero attached hydrogens (tertiary/aromatic N) is 2. The Hall–Kier alpha value is -3.63. The van der Waals surface area contributed by atoms with E-state index in [0.717, 1.165) is 5.56 Å². The van der Waals surface area contributed by atoms with Gasteiger partial charge >= 0.3 is 11.9 Å². The fourth-order valence-electron chi connectivity index (χ4n) is 5.15. The second kappa shape index (κ2) is 7.46. The molecule has 1 saturated heterocycles. The van der Waals surface area contributed by atoms with Crippen LogP contribution in [0.4, 0.5) is 0 Å². The quantitative estimate of drug-likeness (QED) is 0.202. The average Bonchev–Trinajstić information content (AvgIpc) is 3.28. The van der Waals surface area contributed by atoms with Gasteiger partial charge in [0.25, 0.3) is 5.79 Å². The first-order valence-electron chi connectivity index (χ1n) is 10.9. The van der Waals surface area contributed by atoms with Crippen molar-refractivity contribution in [3.05, 3.63) is 60.2 Å². The average molecular weight is 452 g/mol. The van der Waals surface area contributed by atoms with Gasteiger partial charge in [-0.3, -0.25) is 11.1 Å². The first-order valence-corrected chi connectivity index (χ1v) is 10.9. The molecule has 2 aromatic rings. The highest BCUT2D eigenvalue weighted by atomic mass is 16.6. The van der Waals surface area contributed by atoms with E-state index in [1.165, 1.54) is 4.58 Å². The molecule has 5 rings (SSSR count). The highest BCUT2D eigenvalue weighted by molar-refractivity contribution is 5.97. The van der Waals surface area contributed by atoms with Crippen molar-refractivity contribution in [2.75, 3.05) is 6.54 Å². The maximum absolute atomic E-state index is 13.3. The second-order valence-electron chi connectivity index (χ2n) is 8.54. The van der Waals surface area contributed by atoms with Gasteiger partial charge < -0.3 is 26.0 Å². The summed E-state index contributed by atoms with van der Waals surface area (Å²) >= 11 is 0. The number of aliphatic hydroxyl groups is 2. The highest BCUT2D eigenvalue weighted by Crippen LogP contribution is 2.43. The first-order chi connectivity index (χ1) is 15.8. The van der Waals surface area contributed by atoms with Gasteiger partial charge in [-0.25, -0.2) is 14.4 Å². The van der Waals surface area contributed by atoms with E-state index in [2.05, 4.69) is 15.6 Å². The van der Waals surface area contributed by atoms with Gasteiger partial charge in [0, 0.05) is 0 Å². The summed E-state index contributed by atoms with van der Waals surface area (Å²) in [6.07, 6.45) is -0.703. The van der Waals surface area contributed by atoms with Crippen molar-refractivity contribution in [3.63, 3.8) is 0 Å². The number of nitrogens with two attached hydrogens (primary N) is 2. The summed E-state index contributed by atoms with van der Waals surface area (Å²) in [4.78, 5) is 17.7. The molecule has 10 nitrogen and oxygen atoms in total.